The summed E-state index contributed by atoms with van der Waals surface area (Å²) in [6.07, 6.45) is 3.45. The van der Waals surface area contributed by atoms with Crippen LogP contribution in [0.25, 0.3) is 11.0 Å². The van der Waals surface area contributed by atoms with Crippen LogP contribution < -0.4 is 4.90 Å². The van der Waals surface area contributed by atoms with Gasteiger partial charge in [-0.1, -0.05) is 19.6 Å². The molecule has 0 saturated carbocycles. The standard InChI is InChI=1S/C22H36N4O4Si/c1-22(2,3)30-21(27)26-10-9-24(11-12-29-26)19-15-18-7-8-25(20(18)23-16-19)17-28-13-14-31(4,5)6/h7-8,15-16H,9-14,17H2,1-6H3. The molecule has 2 aromatic heterocycles. The van der Waals surface area contributed by atoms with Crippen LogP contribution >= 0.6 is 0 Å². The number of anilines is 1. The van der Waals surface area contributed by atoms with Crippen molar-refractivity contribution in [1.29, 1.82) is 0 Å². The van der Waals surface area contributed by atoms with E-state index in [2.05, 4.69) is 41.7 Å². The van der Waals surface area contributed by atoms with E-state index >= 15 is 0 Å². The number of carbonyl (C=O) groups excluding carboxylic acids is 1. The van der Waals surface area contributed by atoms with Gasteiger partial charge in [-0.15, -0.1) is 0 Å². The molecule has 0 aromatic carbocycles. The van der Waals surface area contributed by atoms with E-state index in [4.69, 9.17) is 14.3 Å². The zero-order valence-corrected chi connectivity index (χ0v) is 20.7. The van der Waals surface area contributed by atoms with Gasteiger partial charge in [-0.3, -0.25) is 4.84 Å². The number of rotatable bonds is 6. The number of pyridine rings is 1. The number of hydrogen-bond donors (Lipinski definition) is 0. The van der Waals surface area contributed by atoms with Crippen LogP contribution in [0.3, 0.4) is 0 Å². The van der Waals surface area contributed by atoms with Crippen molar-refractivity contribution < 1.29 is 19.1 Å². The topological polar surface area (TPSA) is 69.1 Å². The highest BCUT2D eigenvalue weighted by Gasteiger charge is 2.26. The maximum absolute atomic E-state index is 12.3. The molecule has 1 amide bonds. The normalized spacial score (nSPS) is 15.9. The first-order valence-electron chi connectivity index (χ1n) is 10.9. The Balaban J connectivity index is 1.60. The van der Waals surface area contributed by atoms with E-state index in [9.17, 15) is 4.79 Å². The molecule has 1 saturated heterocycles. The smallest absolute Gasteiger partial charge is 0.434 e. The molecule has 1 aliphatic heterocycles. The number of amides is 1. The number of ether oxygens (including phenoxy) is 2. The van der Waals surface area contributed by atoms with E-state index in [1.165, 1.54) is 5.06 Å². The summed E-state index contributed by atoms with van der Waals surface area (Å²) in [5.41, 5.74) is 1.38. The summed E-state index contributed by atoms with van der Waals surface area (Å²) in [5, 5.41) is 2.38. The average Bonchev–Trinajstić information content (AvgIpc) is 2.89. The number of fused-ring (bicyclic) bond motifs is 1. The molecule has 0 N–H and O–H groups in total. The van der Waals surface area contributed by atoms with Gasteiger partial charge in [-0.25, -0.2) is 9.78 Å². The minimum absolute atomic E-state index is 0.406. The number of hydroxylamine groups is 2. The lowest BCUT2D eigenvalue weighted by Gasteiger charge is -2.25. The molecule has 1 aliphatic rings. The van der Waals surface area contributed by atoms with Crippen LogP contribution in [-0.4, -0.2) is 67.2 Å². The second-order valence-electron chi connectivity index (χ2n) is 10.1. The fraction of sp³-hybridized carbons (Fsp3) is 0.636. The molecule has 1 fully saturated rings. The van der Waals surface area contributed by atoms with Crippen LogP contribution in [-0.2, 0) is 21.0 Å². The number of hydrogen-bond acceptors (Lipinski definition) is 6. The monoisotopic (exact) mass is 448 g/mol. The van der Waals surface area contributed by atoms with Crippen molar-refractivity contribution in [2.45, 2.75) is 58.8 Å². The van der Waals surface area contributed by atoms with Crippen molar-refractivity contribution in [3.8, 4) is 0 Å². The Hall–Kier alpha value is -2.10. The average molecular weight is 449 g/mol. The van der Waals surface area contributed by atoms with Crippen LogP contribution in [0.1, 0.15) is 20.8 Å². The van der Waals surface area contributed by atoms with Crippen molar-refractivity contribution in [2.24, 2.45) is 0 Å². The van der Waals surface area contributed by atoms with E-state index in [1.54, 1.807) is 0 Å². The zero-order valence-electron chi connectivity index (χ0n) is 19.7. The lowest BCUT2D eigenvalue weighted by atomic mass is 10.2. The van der Waals surface area contributed by atoms with Gasteiger partial charge in [0, 0.05) is 39.4 Å². The van der Waals surface area contributed by atoms with E-state index < -0.39 is 19.8 Å². The highest BCUT2D eigenvalue weighted by atomic mass is 28.3. The van der Waals surface area contributed by atoms with E-state index in [0.717, 1.165) is 29.4 Å². The predicted molar refractivity (Wildman–Crippen MR) is 125 cm³/mol. The number of carbonyl (C=O) groups is 1. The number of nitrogens with zero attached hydrogens (tertiary/aromatic N) is 4. The van der Waals surface area contributed by atoms with E-state index in [-0.39, 0.29) is 0 Å². The second kappa shape index (κ2) is 9.58. The fourth-order valence-corrected chi connectivity index (χ4v) is 4.01. The van der Waals surface area contributed by atoms with Crippen molar-refractivity contribution in [2.75, 3.05) is 37.7 Å². The summed E-state index contributed by atoms with van der Waals surface area (Å²) in [5.74, 6) is 0. The van der Waals surface area contributed by atoms with Gasteiger partial charge in [0.1, 0.15) is 18.0 Å². The highest BCUT2D eigenvalue weighted by molar-refractivity contribution is 6.76. The van der Waals surface area contributed by atoms with Gasteiger partial charge in [0.05, 0.1) is 25.0 Å². The summed E-state index contributed by atoms with van der Waals surface area (Å²) < 4.78 is 13.3. The fourth-order valence-electron chi connectivity index (χ4n) is 3.25. The van der Waals surface area contributed by atoms with E-state index in [0.29, 0.717) is 33.0 Å². The quantitative estimate of drug-likeness (QED) is 0.484. The maximum atomic E-state index is 12.3. The number of aromatic nitrogens is 2. The van der Waals surface area contributed by atoms with Crippen LogP contribution in [0.2, 0.25) is 25.7 Å². The summed E-state index contributed by atoms with van der Waals surface area (Å²) in [7, 11) is -1.09. The van der Waals surface area contributed by atoms with E-state index in [1.807, 2.05) is 37.7 Å². The molecule has 0 aliphatic carbocycles. The Morgan fingerprint density at radius 1 is 1.23 bits per heavy atom. The van der Waals surface area contributed by atoms with Gasteiger partial charge in [0.15, 0.2) is 0 Å². The molecule has 0 atom stereocenters. The molecule has 0 radical (unpaired) electrons. The first-order chi connectivity index (χ1) is 14.5. The molecule has 172 valence electrons. The SMILES string of the molecule is CC(C)(C)OC(=O)N1CCN(c2cnc3c(ccn3COCC[Si](C)(C)C)c2)CCO1. The Labute approximate surface area is 186 Å². The molecular formula is C22H36N4O4Si. The summed E-state index contributed by atoms with van der Waals surface area (Å²) in [6.45, 7) is 16.1. The summed E-state index contributed by atoms with van der Waals surface area (Å²) in [6, 6.07) is 5.35. The Bertz CT molecular complexity index is 888. The van der Waals surface area contributed by atoms with Crippen LogP contribution in [0.5, 0.6) is 0 Å². The summed E-state index contributed by atoms with van der Waals surface area (Å²) in [4.78, 5) is 24.8. The molecule has 0 spiro atoms. The highest BCUT2D eigenvalue weighted by Crippen LogP contribution is 2.22. The van der Waals surface area contributed by atoms with Crippen LogP contribution in [0.4, 0.5) is 10.5 Å². The zero-order chi connectivity index (χ0) is 22.6. The van der Waals surface area contributed by atoms with Crippen molar-refractivity contribution in [3.63, 3.8) is 0 Å². The third kappa shape index (κ3) is 6.95. The molecule has 8 nitrogen and oxygen atoms in total. The summed E-state index contributed by atoms with van der Waals surface area (Å²) >= 11 is 0. The van der Waals surface area contributed by atoms with Gasteiger partial charge in [-0.2, -0.15) is 5.06 Å². The largest absolute Gasteiger partial charge is 0.442 e. The Kier molecular flexibility index (Phi) is 7.28. The molecule has 0 unspecified atom stereocenters. The van der Waals surface area contributed by atoms with Crippen LogP contribution in [0, 0.1) is 0 Å². The first kappa shape index (κ1) is 23.6. The molecule has 3 rings (SSSR count). The molecular weight excluding hydrogens is 412 g/mol. The molecule has 3 heterocycles. The third-order valence-electron chi connectivity index (χ3n) is 4.96. The molecule has 2 aromatic rings. The molecule has 31 heavy (non-hydrogen) atoms. The minimum atomic E-state index is -1.09. The second-order valence-corrected chi connectivity index (χ2v) is 15.8. The minimum Gasteiger partial charge on any atom is -0.442 e. The maximum Gasteiger partial charge on any atom is 0.434 e. The predicted octanol–water partition coefficient (Wildman–Crippen LogP) is 4.34. The molecule has 0 bridgehead atoms. The van der Waals surface area contributed by atoms with Crippen LogP contribution in [0.15, 0.2) is 24.5 Å². The molecule has 9 heteroatoms. The van der Waals surface area contributed by atoms with Gasteiger partial charge in [-0.05, 0) is 38.9 Å². The van der Waals surface area contributed by atoms with Gasteiger partial charge in [0.25, 0.3) is 0 Å². The lowest BCUT2D eigenvalue weighted by Crippen LogP contribution is -2.38. The first-order valence-corrected chi connectivity index (χ1v) is 14.6. The Morgan fingerprint density at radius 3 is 2.71 bits per heavy atom. The van der Waals surface area contributed by atoms with Gasteiger partial charge < -0.3 is 18.9 Å². The van der Waals surface area contributed by atoms with Crippen molar-refractivity contribution in [3.05, 3.63) is 24.5 Å². The third-order valence-corrected chi connectivity index (χ3v) is 6.66. The van der Waals surface area contributed by atoms with Gasteiger partial charge in [0.2, 0.25) is 0 Å². The Morgan fingerprint density at radius 2 is 2.00 bits per heavy atom. The lowest BCUT2D eigenvalue weighted by molar-refractivity contribution is -0.137. The van der Waals surface area contributed by atoms with Crippen molar-refractivity contribution in [1.82, 2.24) is 14.6 Å². The van der Waals surface area contributed by atoms with Crippen molar-refractivity contribution >= 4 is 30.9 Å². The van der Waals surface area contributed by atoms with Gasteiger partial charge >= 0.3 is 6.09 Å².